The highest BCUT2D eigenvalue weighted by Gasteiger charge is 2.08. The molecule has 0 fully saturated rings. The molecule has 3 rings (SSSR count). The quantitative estimate of drug-likeness (QED) is 0.332. The number of amides is 1. The van der Waals surface area contributed by atoms with Crippen LogP contribution in [0, 0.1) is 13.8 Å². The first-order valence-corrected chi connectivity index (χ1v) is 10.2. The lowest BCUT2D eigenvalue weighted by atomic mass is 10.1. The highest BCUT2D eigenvalue weighted by molar-refractivity contribution is 6.42. The van der Waals surface area contributed by atoms with Gasteiger partial charge < -0.3 is 4.74 Å². The summed E-state index contributed by atoms with van der Waals surface area (Å²) in [6, 6.07) is 16.1. The summed E-state index contributed by atoms with van der Waals surface area (Å²) in [5.41, 5.74) is 6.69. The molecule has 0 aromatic heterocycles. The number of halogens is 3. The monoisotopic (exact) mass is 460 g/mol. The van der Waals surface area contributed by atoms with Crippen molar-refractivity contribution in [3.05, 3.63) is 97.5 Å². The zero-order chi connectivity index (χ0) is 21.7. The van der Waals surface area contributed by atoms with E-state index in [9.17, 15) is 4.79 Å². The molecule has 0 radical (unpaired) electrons. The maximum absolute atomic E-state index is 12.2. The van der Waals surface area contributed by atoms with Gasteiger partial charge in [-0.15, -0.1) is 0 Å². The van der Waals surface area contributed by atoms with Crippen molar-refractivity contribution in [2.24, 2.45) is 5.10 Å². The van der Waals surface area contributed by atoms with E-state index in [1.807, 2.05) is 50.2 Å². The van der Waals surface area contributed by atoms with Crippen molar-refractivity contribution < 1.29 is 9.53 Å². The molecule has 0 atom stereocenters. The first-order valence-electron chi connectivity index (χ1n) is 9.10. The van der Waals surface area contributed by atoms with Crippen LogP contribution >= 0.6 is 34.8 Å². The van der Waals surface area contributed by atoms with Gasteiger partial charge in [-0.1, -0.05) is 46.9 Å². The first kappa shape index (κ1) is 22.2. The van der Waals surface area contributed by atoms with Gasteiger partial charge in [0.25, 0.3) is 5.91 Å². The topological polar surface area (TPSA) is 50.7 Å². The van der Waals surface area contributed by atoms with Gasteiger partial charge in [-0.05, 0) is 78.6 Å². The number of nitrogens with one attached hydrogen (secondary N) is 1. The zero-order valence-corrected chi connectivity index (χ0v) is 18.6. The highest BCUT2D eigenvalue weighted by Crippen LogP contribution is 2.26. The van der Waals surface area contributed by atoms with Crippen molar-refractivity contribution in [1.29, 1.82) is 0 Å². The molecular formula is C23H19Cl3N2O2. The van der Waals surface area contributed by atoms with E-state index in [-0.39, 0.29) is 5.91 Å². The third-order valence-electron chi connectivity index (χ3n) is 4.34. The summed E-state index contributed by atoms with van der Waals surface area (Å²) < 4.78 is 5.99. The lowest BCUT2D eigenvalue weighted by molar-refractivity contribution is 0.0955. The van der Waals surface area contributed by atoms with Gasteiger partial charge in [-0.2, -0.15) is 5.10 Å². The number of benzene rings is 3. The first-order chi connectivity index (χ1) is 14.3. The molecular weight excluding hydrogens is 443 g/mol. The van der Waals surface area contributed by atoms with Gasteiger partial charge in [0.15, 0.2) is 0 Å². The number of ether oxygens (including phenoxy) is 1. The smallest absolute Gasteiger partial charge is 0.271 e. The molecule has 1 N–H and O–H groups in total. The average molecular weight is 462 g/mol. The molecule has 0 saturated carbocycles. The van der Waals surface area contributed by atoms with E-state index in [2.05, 4.69) is 10.5 Å². The summed E-state index contributed by atoms with van der Waals surface area (Å²) >= 11 is 17.7. The second-order valence-electron chi connectivity index (χ2n) is 6.73. The predicted molar refractivity (Wildman–Crippen MR) is 123 cm³/mol. The fourth-order valence-electron chi connectivity index (χ4n) is 2.89. The number of hydrazone groups is 1. The molecule has 0 saturated heterocycles. The summed E-state index contributed by atoms with van der Waals surface area (Å²) in [4.78, 5) is 12.2. The molecule has 0 aliphatic heterocycles. The molecule has 0 aliphatic carbocycles. The minimum atomic E-state index is -0.374. The summed E-state index contributed by atoms with van der Waals surface area (Å²) in [5.74, 6) is 0.447. The van der Waals surface area contributed by atoms with E-state index in [0.29, 0.717) is 27.2 Å². The molecule has 0 heterocycles. The lowest BCUT2D eigenvalue weighted by Crippen LogP contribution is -2.17. The van der Waals surface area contributed by atoms with E-state index >= 15 is 0 Å². The summed E-state index contributed by atoms with van der Waals surface area (Å²) in [6.07, 6.45) is 1.58. The van der Waals surface area contributed by atoms with Crippen LogP contribution in [0.1, 0.15) is 32.6 Å². The molecule has 154 valence electrons. The van der Waals surface area contributed by atoms with Crippen LogP contribution < -0.4 is 10.2 Å². The number of aryl methyl sites for hydroxylation is 2. The van der Waals surface area contributed by atoms with Gasteiger partial charge in [-0.25, -0.2) is 5.43 Å². The Hall–Kier alpha value is -2.53. The van der Waals surface area contributed by atoms with Crippen LogP contribution in [0.3, 0.4) is 0 Å². The molecule has 0 spiro atoms. The summed E-state index contributed by atoms with van der Waals surface area (Å²) in [6.45, 7) is 4.39. The van der Waals surface area contributed by atoms with Crippen LogP contribution in [0.4, 0.5) is 0 Å². The molecule has 1 amide bonds. The van der Waals surface area contributed by atoms with E-state index in [1.54, 1.807) is 18.3 Å². The fraction of sp³-hybridized carbons (Fsp3) is 0.130. The van der Waals surface area contributed by atoms with Crippen LogP contribution in [0.5, 0.6) is 5.75 Å². The molecule has 0 bridgehead atoms. The summed E-state index contributed by atoms with van der Waals surface area (Å²) in [5, 5.41) is 5.43. The number of rotatable bonds is 6. The lowest BCUT2D eigenvalue weighted by Gasteiger charge is -2.13. The number of carbonyl (C=O) groups is 1. The van der Waals surface area contributed by atoms with Crippen molar-refractivity contribution in [2.45, 2.75) is 20.5 Å². The predicted octanol–water partition coefficient (Wildman–Crippen LogP) is 6.61. The SMILES string of the molecule is Cc1cc(/C=N\NC(=O)c2ccc(Cl)c(Cl)c2)cc(C)c1OCc1ccc(Cl)cc1. The molecule has 3 aromatic carbocycles. The van der Waals surface area contributed by atoms with E-state index in [4.69, 9.17) is 39.5 Å². The Balaban J connectivity index is 1.64. The molecule has 7 heteroatoms. The van der Waals surface area contributed by atoms with Crippen LogP contribution in [0.15, 0.2) is 59.7 Å². The van der Waals surface area contributed by atoms with Crippen LogP contribution in [0.25, 0.3) is 0 Å². The second kappa shape index (κ2) is 9.98. The highest BCUT2D eigenvalue weighted by atomic mass is 35.5. The van der Waals surface area contributed by atoms with Crippen LogP contribution in [0.2, 0.25) is 15.1 Å². The Labute approximate surface area is 190 Å². The van der Waals surface area contributed by atoms with Gasteiger partial charge in [-0.3, -0.25) is 4.79 Å². The van der Waals surface area contributed by atoms with E-state index < -0.39 is 0 Å². The maximum Gasteiger partial charge on any atom is 0.271 e. The average Bonchev–Trinajstić information content (AvgIpc) is 2.70. The molecule has 3 aromatic rings. The van der Waals surface area contributed by atoms with Gasteiger partial charge in [0, 0.05) is 10.6 Å². The van der Waals surface area contributed by atoms with Crippen molar-refractivity contribution in [3.8, 4) is 5.75 Å². The third kappa shape index (κ3) is 5.76. The van der Waals surface area contributed by atoms with Gasteiger partial charge in [0.1, 0.15) is 12.4 Å². The van der Waals surface area contributed by atoms with Gasteiger partial charge in [0.2, 0.25) is 0 Å². The van der Waals surface area contributed by atoms with E-state index in [0.717, 1.165) is 28.0 Å². The van der Waals surface area contributed by atoms with Crippen molar-refractivity contribution >= 4 is 46.9 Å². The Kier molecular flexibility index (Phi) is 7.38. The van der Waals surface area contributed by atoms with Gasteiger partial charge in [0.05, 0.1) is 16.3 Å². The summed E-state index contributed by atoms with van der Waals surface area (Å²) in [7, 11) is 0. The number of hydrogen-bond donors (Lipinski definition) is 1. The Morgan fingerprint density at radius 1 is 0.967 bits per heavy atom. The molecule has 30 heavy (non-hydrogen) atoms. The molecule has 4 nitrogen and oxygen atoms in total. The minimum Gasteiger partial charge on any atom is -0.488 e. The minimum absolute atomic E-state index is 0.314. The number of carbonyl (C=O) groups excluding carboxylic acids is 1. The Bertz CT molecular complexity index is 1070. The zero-order valence-electron chi connectivity index (χ0n) is 16.4. The Morgan fingerprint density at radius 2 is 1.63 bits per heavy atom. The second-order valence-corrected chi connectivity index (χ2v) is 7.98. The number of hydrogen-bond acceptors (Lipinski definition) is 3. The molecule has 0 unspecified atom stereocenters. The van der Waals surface area contributed by atoms with Gasteiger partial charge >= 0.3 is 0 Å². The van der Waals surface area contributed by atoms with Crippen LogP contribution in [-0.4, -0.2) is 12.1 Å². The van der Waals surface area contributed by atoms with Crippen LogP contribution in [-0.2, 0) is 6.61 Å². The largest absolute Gasteiger partial charge is 0.488 e. The normalized spacial score (nSPS) is 11.0. The Morgan fingerprint density at radius 3 is 2.27 bits per heavy atom. The van der Waals surface area contributed by atoms with Crippen molar-refractivity contribution in [3.63, 3.8) is 0 Å². The fourth-order valence-corrected chi connectivity index (χ4v) is 3.31. The maximum atomic E-state index is 12.2. The van der Waals surface area contributed by atoms with E-state index in [1.165, 1.54) is 6.07 Å². The van der Waals surface area contributed by atoms with Crippen molar-refractivity contribution in [1.82, 2.24) is 5.43 Å². The van der Waals surface area contributed by atoms with Crippen molar-refractivity contribution in [2.75, 3.05) is 0 Å². The number of nitrogens with zero attached hydrogens (tertiary/aromatic N) is 1. The molecule has 0 aliphatic rings. The standard InChI is InChI=1S/C23H19Cl3N2O2/c1-14-9-17(12-27-28-23(29)18-5-8-20(25)21(26)11-18)10-15(2)22(14)30-13-16-3-6-19(24)7-4-16/h3-12H,13H2,1-2H3,(H,28,29)/b27-12-. The third-order valence-corrected chi connectivity index (χ3v) is 5.33.